The van der Waals surface area contributed by atoms with Gasteiger partial charge in [0.25, 0.3) is 5.89 Å². The van der Waals surface area contributed by atoms with Gasteiger partial charge in [-0.05, 0) is 53.9 Å². The summed E-state index contributed by atoms with van der Waals surface area (Å²) in [6.45, 7) is 0. The van der Waals surface area contributed by atoms with Crippen molar-refractivity contribution >= 4 is 67.9 Å². The lowest BCUT2D eigenvalue weighted by molar-refractivity contribution is 0.262. The van der Waals surface area contributed by atoms with Gasteiger partial charge in [-0.15, -0.1) is 10.2 Å². The van der Waals surface area contributed by atoms with Crippen LogP contribution in [0.5, 0.6) is 0 Å². The molecule has 11 N–H and O–H groups in total. The van der Waals surface area contributed by atoms with E-state index < -0.39 is 6.03 Å². The number of nitrogens with zero attached hydrogens (tertiary/aromatic N) is 4. The number of nitrogens with two attached hydrogens (primary N) is 3. The third kappa shape index (κ3) is 6.12. The molecule has 14 heteroatoms. The summed E-state index contributed by atoms with van der Waals surface area (Å²) >= 11 is 0. The van der Waals surface area contributed by atoms with Gasteiger partial charge in [0, 0.05) is 56.6 Å². The number of amidine groups is 2. The van der Waals surface area contributed by atoms with Crippen LogP contribution in [0.4, 0.5) is 33.5 Å². The summed E-state index contributed by atoms with van der Waals surface area (Å²) in [5, 5.41) is 35.9. The molecule has 0 saturated carbocycles. The molecule has 4 aromatic carbocycles. The number of urea groups is 1. The quantitative estimate of drug-likeness (QED) is 0.0701. The van der Waals surface area contributed by atoms with Gasteiger partial charge in [-0.2, -0.15) is 0 Å². The minimum absolute atomic E-state index is 0.0357. The first-order valence-electron chi connectivity index (χ1n) is 14.9. The molecule has 0 saturated heterocycles. The third-order valence-corrected chi connectivity index (χ3v) is 7.76. The van der Waals surface area contributed by atoms with Gasteiger partial charge in [-0.1, -0.05) is 42.5 Å². The number of carbonyl (C=O) groups is 1. The predicted molar refractivity (Wildman–Crippen MR) is 191 cm³/mol. The van der Waals surface area contributed by atoms with Crippen molar-refractivity contribution < 1.29 is 9.21 Å². The Morgan fingerprint density at radius 2 is 1.33 bits per heavy atom. The van der Waals surface area contributed by atoms with E-state index >= 15 is 0 Å². The van der Waals surface area contributed by atoms with Crippen LogP contribution in [-0.4, -0.2) is 37.9 Å². The Balaban J connectivity index is 1.22. The van der Waals surface area contributed by atoms with Gasteiger partial charge in [0.1, 0.15) is 23.3 Å². The zero-order valence-corrected chi connectivity index (χ0v) is 25.7. The van der Waals surface area contributed by atoms with Crippen molar-refractivity contribution in [2.45, 2.75) is 0 Å². The number of nitrogen functional groups attached to an aromatic ring is 3. The number of hydrogen-bond acceptors (Lipinski definition) is 10. The summed E-state index contributed by atoms with van der Waals surface area (Å²) in [6, 6.07) is 26.3. The van der Waals surface area contributed by atoms with E-state index in [9.17, 15) is 4.79 Å². The highest BCUT2D eigenvalue weighted by molar-refractivity contribution is 6.10. The van der Waals surface area contributed by atoms with Crippen LogP contribution in [0.1, 0.15) is 11.1 Å². The van der Waals surface area contributed by atoms with Crippen molar-refractivity contribution in [1.82, 2.24) is 20.2 Å². The maximum Gasteiger partial charge on any atom is 0.323 e. The van der Waals surface area contributed by atoms with Crippen molar-refractivity contribution in [2.24, 2.45) is 11.5 Å². The van der Waals surface area contributed by atoms with Crippen LogP contribution >= 0.6 is 0 Å². The van der Waals surface area contributed by atoms with Gasteiger partial charge >= 0.3 is 6.03 Å². The lowest BCUT2D eigenvalue weighted by Crippen LogP contribution is -2.21. The van der Waals surface area contributed by atoms with Crippen molar-refractivity contribution in [1.29, 1.82) is 10.8 Å². The number of nitrogens with one attached hydrogen (secondary N) is 5. The Hall–Kier alpha value is -7.35. The number of benzene rings is 4. The molecule has 0 atom stereocenters. The third-order valence-electron chi connectivity index (χ3n) is 7.76. The number of carbonyl (C=O) groups excluding carboxylic acids is 1. The topological polar surface area (TPSA) is 244 Å². The number of aromatic nitrogens is 4. The van der Waals surface area contributed by atoms with E-state index in [1.165, 1.54) is 0 Å². The molecule has 0 spiro atoms. The van der Waals surface area contributed by atoms with Crippen LogP contribution in [0.25, 0.3) is 44.5 Å². The Kier molecular flexibility index (Phi) is 7.70. The molecule has 2 amide bonds. The van der Waals surface area contributed by atoms with Crippen molar-refractivity contribution in [2.75, 3.05) is 21.7 Å². The molecule has 7 aromatic rings. The summed E-state index contributed by atoms with van der Waals surface area (Å²) in [6.07, 6.45) is 3.38. The summed E-state index contributed by atoms with van der Waals surface area (Å²) in [7, 11) is 0. The van der Waals surface area contributed by atoms with Crippen molar-refractivity contribution in [3.05, 3.63) is 115 Å². The predicted octanol–water partition coefficient (Wildman–Crippen LogP) is 6.04. The zero-order valence-electron chi connectivity index (χ0n) is 25.7. The largest absolute Gasteiger partial charge is 0.416 e. The van der Waals surface area contributed by atoms with E-state index in [1.54, 1.807) is 60.9 Å². The first kappa shape index (κ1) is 30.3. The molecule has 49 heavy (non-hydrogen) atoms. The van der Waals surface area contributed by atoms with E-state index in [2.05, 4.69) is 31.1 Å². The minimum Gasteiger partial charge on any atom is -0.416 e. The van der Waals surface area contributed by atoms with Crippen LogP contribution < -0.4 is 33.2 Å². The molecule has 240 valence electrons. The minimum atomic E-state index is -0.531. The Labute approximate surface area is 278 Å². The normalized spacial score (nSPS) is 10.9. The van der Waals surface area contributed by atoms with E-state index in [4.69, 9.17) is 37.4 Å². The SMILES string of the molecule is N=C(N)c1ccc(NC(=O)Nc2c(N)ncc3ccc(Nc4ncc5ccccc5c4-c4nnc(-c5ccc(C(=N)N)cc5)o4)cc23)cc1. The molecule has 3 aromatic heterocycles. The second-order valence-corrected chi connectivity index (χ2v) is 11.0. The maximum atomic E-state index is 13.0. The van der Waals surface area contributed by atoms with E-state index in [1.807, 2.05) is 42.5 Å². The fraction of sp³-hybridized carbons (Fsp3) is 0. The van der Waals surface area contributed by atoms with Crippen LogP contribution in [0, 0.1) is 10.8 Å². The average Bonchev–Trinajstić information content (AvgIpc) is 3.59. The zero-order chi connectivity index (χ0) is 34.1. The molecule has 7 rings (SSSR count). The molecular weight excluding hydrogens is 620 g/mol. The second-order valence-electron chi connectivity index (χ2n) is 11.0. The lowest BCUT2D eigenvalue weighted by atomic mass is 10.1. The highest BCUT2D eigenvalue weighted by Crippen LogP contribution is 2.37. The number of pyridine rings is 2. The van der Waals surface area contributed by atoms with Gasteiger partial charge in [0.15, 0.2) is 0 Å². The molecule has 0 aliphatic carbocycles. The van der Waals surface area contributed by atoms with Crippen LogP contribution in [0.15, 0.2) is 108 Å². The number of amides is 2. The van der Waals surface area contributed by atoms with Crippen molar-refractivity contribution in [3.8, 4) is 22.9 Å². The molecule has 0 radical (unpaired) electrons. The first-order valence-corrected chi connectivity index (χ1v) is 14.9. The standard InChI is InChI=1S/C35H28N12O2/c36-29(37)18-5-7-20(8-6-18)33-46-47-34(49-33)27-25-4-2-1-3-21(25)17-42-32(27)43-24-14-11-22-16-41-31(40)28(26(22)15-24)45-35(48)44-23-12-9-19(10-13-23)30(38)39/h1-17H,(H3,36,37)(H3,38,39)(H2,40,41)(H,42,43)(H2,44,45,48). The molecule has 3 heterocycles. The molecule has 0 aliphatic rings. The smallest absolute Gasteiger partial charge is 0.323 e. The van der Waals surface area contributed by atoms with E-state index in [0.29, 0.717) is 56.4 Å². The molecule has 0 fully saturated rings. The van der Waals surface area contributed by atoms with E-state index in [0.717, 1.165) is 16.2 Å². The summed E-state index contributed by atoms with van der Waals surface area (Å²) in [5.41, 5.74) is 21.2. The summed E-state index contributed by atoms with van der Waals surface area (Å²) in [4.78, 5) is 22.0. The molecule has 14 nitrogen and oxygen atoms in total. The summed E-state index contributed by atoms with van der Waals surface area (Å²) in [5.74, 6) is 1.03. The number of rotatable bonds is 8. The summed E-state index contributed by atoms with van der Waals surface area (Å²) < 4.78 is 6.18. The van der Waals surface area contributed by atoms with Gasteiger partial charge in [0.05, 0.1) is 11.3 Å². The lowest BCUT2D eigenvalue weighted by Gasteiger charge is -2.15. The van der Waals surface area contributed by atoms with Crippen LogP contribution in [-0.2, 0) is 0 Å². The van der Waals surface area contributed by atoms with Crippen LogP contribution in [0.2, 0.25) is 0 Å². The van der Waals surface area contributed by atoms with Gasteiger partial charge in [0.2, 0.25) is 5.89 Å². The monoisotopic (exact) mass is 648 g/mol. The van der Waals surface area contributed by atoms with E-state index in [-0.39, 0.29) is 23.4 Å². The number of hydrogen-bond donors (Lipinski definition) is 8. The van der Waals surface area contributed by atoms with Gasteiger partial charge in [-0.3, -0.25) is 10.8 Å². The first-order chi connectivity index (χ1) is 23.7. The molecule has 0 aliphatic heterocycles. The maximum absolute atomic E-state index is 13.0. The molecular formula is C35H28N12O2. The highest BCUT2D eigenvalue weighted by atomic mass is 16.4. The van der Waals surface area contributed by atoms with Crippen molar-refractivity contribution in [3.63, 3.8) is 0 Å². The average molecular weight is 649 g/mol. The highest BCUT2D eigenvalue weighted by Gasteiger charge is 2.20. The van der Waals surface area contributed by atoms with Gasteiger partial charge in [-0.25, -0.2) is 14.8 Å². The fourth-order valence-corrected chi connectivity index (χ4v) is 5.29. The Bertz CT molecular complexity index is 2400. The van der Waals surface area contributed by atoms with Gasteiger partial charge < -0.3 is 37.6 Å². The van der Waals surface area contributed by atoms with Crippen LogP contribution in [0.3, 0.4) is 0 Å². The Morgan fingerprint density at radius 3 is 2.06 bits per heavy atom. The number of anilines is 5. The fourth-order valence-electron chi connectivity index (χ4n) is 5.29. The second kappa shape index (κ2) is 12.4. The molecule has 0 bridgehead atoms. The molecule has 0 unspecified atom stereocenters. The Morgan fingerprint density at radius 1 is 0.694 bits per heavy atom. The number of fused-ring (bicyclic) bond motifs is 2.